The van der Waals surface area contributed by atoms with Crippen molar-refractivity contribution >= 4 is 41.3 Å². The quantitative estimate of drug-likeness (QED) is 0.267. The van der Waals surface area contributed by atoms with E-state index in [1.165, 1.54) is 5.56 Å². The Bertz CT molecular complexity index is 926. The highest BCUT2D eigenvalue weighted by molar-refractivity contribution is 14.0. The molecule has 162 valence electrons. The van der Waals surface area contributed by atoms with Crippen LogP contribution in [0.15, 0.2) is 53.1 Å². The fraction of sp³-hybridized carbons (Fsp3) is 0.381. The van der Waals surface area contributed by atoms with Gasteiger partial charge in [0.2, 0.25) is 0 Å². The van der Waals surface area contributed by atoms with Gasteiger partial charge in [0.1, 0.15) is 11.1 Å². The van der Waals surface area contributed by atoms with Crippen LogP contribution < -0.4 is 5.32 Å². The Morgan fingerprint density at radius 3 is 2.77 bits per heavy atom. The number of thiazole rings is 1. The van der Waals surface area contributed by atoms with E-state index in [1.54, 1.807) is 25.5 Å². The summed E-state index contributed by atoms with van der Waals surface area (Å²) in [6.45, 7) is 4.11. The zero-order valence-electron chi connectivity index (χ0n) is 17.8. The summed E-state index contributed by atoms with van der Waals surface area (Å²) in [6, 6.07) is 10.3. The highest BCUT2D eigenvalue weighted by atomic mass is 127. The molecule has 2 aromatic heterocycles. The molecule has 1 atom stereocenters. The molecule has 0 aliphatic carbocycles. The van der Waals surface area contributed by atoms with Gasteiger partial charge >= 0.3 is 0 Å². The Morgan fingerprint density at radius 1 is 1.30 bits per heavy atom. The molecule has 0 amide bonds. The number of aliphatic imine (C=N–C) groups is 1. The second kappa shape index (κ2) is 12.0. The van der Waals surface area contributed by atoms with Crippen LogP contribution in [-0.4, -0.2) is 46.8 Å². The van der Waals surface area contributed by atoms with Gasteiger partial charge in [-0.05, 0) is 12.5 Å². The monoisotopic (exact) mass is 540 g/mol. The van der Waals surface area contributed by atoms with Crippen molar-refractivity contribution in [1.82, 2.24) is 25.0 Å². The molecule has 7 nitrogen and oxygen atoms in total. The first-order valence-corrected chi connectivity index (χ1v) is 10.4. The normalized spacial score (nSPS) is 12.3. The van der Waals surface area contributed by atoms with Gasteiger partial charge in [-0.2, -0.15) is 5.10 Å². The van der Waals surface area contributed by atoms with Gasteiger partial charge in [-0.15, -0.1) is 35.3 Å². The number of rotatable bonds is 8. The molecule has 0 radical (unpaired) electrons. The van der Waals surface area contributed by atoms with Gasteiger partial charge in [0, 0.05) is 44.9 Å². The summed E-state index contributed by atoms with van der Waals surface area (Å²) in [5, 5.41) is 10.9. The first kappa shape index (κ1) is 24.3. The fourth-order valence-corrected chi connectivity index (χ4v) is 3.76. The van der Waals surface area contributed by atoms with Crippen molar-refractivity contribution in [3.05, 3.63) is 69.9 Å². The first-order valence-electron chi connectivity index (χ1n) is 9.53. The van der Waals surface area contributed by atoms with Crippen LogP contribution in [-0.2, 0) is 24.4 Å². The third-order valence-corrected chi connectivity index (χ3v) is 5.62. The van der Waals surface area contributed by atoms with Crippen molar-refractivity contribution in [3.63, 3.8) is 0 Å². The van der Waals surface area contributed by atoms with E-state index in [0.717, 1.165) is 28.8 Å². The number of ether oxygens (including phenoxy) is 1. The predicted octanol–water partition coefficient (Wildman–Crippen LogP) is 3.92. The molecule has 2 heterocycles. The molecular weight excluding hydrogens is 511 g/mol. The number of aromatic nitrogens is 3. The van der Waals surface area contributed by atoms with Crippen LogP contribution in [0.1, 0.15) is 34.9 Å². The lowest BCUT2D eigenvalue weighted by Gasteiger charge is -2.21. The zero-order valence-corrected chi connectivity index (χ0v) is 20.9. The minimum Gasteiger partial charge on any atom is -0.375 e. The van der Waals surface area contributed by atoms with Crippen LogP contribution in [0.2, 0.25) is 0 Å². The van der Waals surface area contributed by atoms with Gasteiger partial charge in [-0.25, -0.2) is 4.98 Å². The summed E-state index contributed by atoms with van der Waals surface area (Å²) < 4.78 is 7.29. The third kappa shape index (κ3) is 6.78. The van der Waals surface area contributed by atoms with E-state index in [4.69, 9.17) is 4.74 Å². The van der Waals surface area contributed by atoms with Gasteiger partial charge in [-0.3, -0.25) is 9.67 Å². The maximum absolute atomic E-state index is 5.34. The maximum Gasteiger partial charge on any atom is 0.194 e. The largest absolute Gasteiger partial charge is 0.375 e. The van der Waals surface area contributed by atoms with Crippen LogP contribution in [0.25, 0.3) is 0 Å². The van der Waals surface area contributed by atoms with E-state index in [2.05, 4.69) is 49.0 Å². The van der Waals surface area contributed by atoms with Crippen LogP contribution in [0.5, 0.6) is 0 Å². The molecule has 3 aromatic rings. The second-order valence-corrected chi connectivity index (χ2v) is 7.73. The molecule has 0 saturated heterocycles. The van der Waals surface area contributed by atoms with Crippen molar-refractivity contribution < 1.29 is 4.74 Å². The highest BCUT2D eigenvalue weighted by Crippen LogP contribution is 2.20. The van der Waals surface area contributed by atoms with Crippen LogP contribution in [0.3, 0.4) is 0 Å². The topological polar surface area (TPSA) is 67.6 Å². The number of methoxy groups -OCH3 is 1. The smallest absolute Gasteiger partial charge is 0.194 e. The Morgan fingerprint density at radius 2 is 2.07 bits per heavy atom. The van der Waals surface area contributed by atoms with Gasteiger partial charge in [0.25, 0.3) is 0 Å². The van der Waals surface area contributed by atoms with Crippen LogP contribution >= 0.6 is 35.3 Å². The summed E-state index contributed by atoms with van der Waals surface area (Å²) in [5.74, 6) is 0.815. The summed E-state index contributed by atoms with van der Waals surface area (Å²) in [6.07, 6.45) is 3.97. The number of nitrogens with zero attached hydrogens (tertiary/aromatic N) is 5. The lowest BCUT2D eigenvalue weighted by molar-refractivity contribution is 0.119. The number of benzene rings is 1. The molecule has 0 bridgehead atoms. The Hall–Kier alpha value is -1.98. The number of guanidine groups is 1. The zero-order chi connectivity index (χ0) is 20.6. The Balaban J connectivity index is 0.00000320. The van der Waals surface area contributed by atoms with Crippen molar-refractivity contribution in [2.75, 3.05) is 21.2 Å². The molecule has 1 N–H and O–H groups in total. The van der Waals surface area contributed by atoms with E-state index in [1.807, 2.05) is 43.0 Å². The molecule has 9 heteroatoms. The number of hydrogen-bond acceptors (Lipinski definition) is 5. The highest BCUT2D eigenvalue weighted by Gasteiger charge is 2.13. The van der Waals surface area contributed by atoms with Crippen molar-refractivity contribution in [2.24, 2.45) is 4.99 Å². The molecular formula is C21H29IN6OS. The lowest BCUT2D eigenvalue weighted by Crippen LogP contribution is -2.38. The van der Waals surface area contributed by atoms with Gasteiger partial charge in [0.05, 0.1) is 25.0 Å². The Kier molecular flexibility index (Phi) is 9.73. The van der Waals surface area contributed by atoms with Crippen molar-refractivity contribution in [2.45, 2.75) is 32.7 Å². The molecule has 0 aliphatic rings. The SMILES string of the molecule is CN=C(NCc1cnn(Cc2ccccc2)c1)N(C)Cc1csc(C(C)OC)n1.I. The molecule has 0 aliphatic heterocycles. The maximum atomic E-state index is 5.34. The van der Waals surface area contributed by atoms with Crippen LogP contribution in [0, 0.1) is 0 Å². The summed E-state index contributed by atoms with van der Waals surface area (Å²) in [5.41, 5.74) is 3.35. The van der Waals surface area contributed by atoms with Crippen molar-refractivity contribution in [1.29, 1.82) is 0 Å². The van der Waals surface area contributed by atoms with E-state index in [9.17, 15) is 0 Å². The summed E-state index contributed by atoms with van der Waals surface area (Å²) in [4.78, 5) is 11.1. The average molecular weight is 540 g/mol. The van der Waals surface area contributed by atoms with E-state index in [0.29, 0.717) is 13.1 Å². The van der Waals surface area contributed by atoms with E-state index >= 15 is 0 Å². The van der Waals surface area contributed by atoms with Gasteiger partial charge in [0.15, 0.2) is 5.96 Å². The minimum atomic E-state index is 0. The molecule has 0 saturated carbocycles. The Labute approximate surface area is 199 Å². The molecule has 30 heavy (non-hydrogen) atoms. The fourth-order valence-electron chi connectivity index (χ4n) is 2.92. The molecule has 3 rings (SSSR count). The molecule has 0 fully saturated rings. The van der Waals surface area contributed by atoms with Gasteiger partial charge in [-0.1, -0.05) is 30.3 Å². The molecule has 1 unspecified atom stereocenters. The first-order chi connectivity index (χ1) is 14.1. The number of halogens is 1. The second-order valence-electron chi connectivity index (χ2n) is 6.84. The molecule has 0 spiro atoms. The van der Waals surface area contributed by atoms with E-state index < -0.39 is 0 Å². The predicted molar refractivity (Wildman–Crippen MR) is 132 cm³/mol. The van der Waals surface area contributed by atoms with Gasteiger partial charge < -0.3 is 15.0 Å². The summed E-state index contributed by atoms with van der Waals surface area (Å²) >= 11 is 1.62. The van der Waals surface area contributed by atoms with Crippen LogP contribution in [0.4, 0.5) is 0 Å². The number of nitrogens with one attached hydrogen (secondary N) is 1. The summed E-state index contributed by atoms with van der Waals surface area (Å²) in [7, 11) is 5.50. The average Bonchev–Trinajstić information content (AvgIpc) is 3.38. The third-order valence-electron chi connectivity index (χ3n) is 4.57. The lowest BCUT2D eigenvalue weighted by atomic mass is 10.2. The molecule has 1 aromatic carbocycles. The van der Waals surface area contributed by atoms with Crippen molar-refractivity contribution in [3.8, 4) is 0 Å². The van der Waals surface area contributed by atoms with E-state index in [-0.39, 0.29) is 30.1 Å². The standard InChI is InChI=1S/C21H28N6OS.HI/c1-16(28-4)20-25-19(15-29-20)14-26(3)21(22-2)23-10-18-11-24-27(13-18)12-17-8-6-5-7-9-17;/h5-9,11,13,15-16H,10,12,14H2,1-4H3,(H,22,23);1H. The minimum absolute atomic E-state index is 0. The number of hydrogen-bond donors (Lipinski definition) is 1.